The highest BCUT2D eigenvalue weighted by atomic mass is 16.5. The molecule has 0 spiro atoms. The summed E-state index contributed by atoms with van der Waals surface area (Å²) >= 11 is 0. The lowest BCUT2D eigenvalue weighted by molar-refractivity contribution is -0.136. The van der Waals surface area contributed by atoms with E-state index in [2.05, 4.69) is 0 Å². The van der Waals surface area contributed by atoms with E-state index in [1.165, 1.54) is 0 Å². The van der Waals surface area contributed by atoms with E-state index in [-0.39, 0.29) is 6.42 Å². The fraction of sp³-hybridized carbons (Fsp3) is 0.417. The monoisotopic (exact) mass is 210 g/mol. The first-order valence-electron chi connectivity index (χ1n) is 5.16. The van der Waals surface area contributed by atoms with Gasteiger partial charge in [0.2, 0.25) is 0 Å². The zero-order valence-corrected chi connectivity index (χ0v) is 9.49. The van der Waals surface area contributed by atoms with E-state index in [4.69, 9.17) is 9.84 Å². The normalized spacial score (nSPS) is 8.73. The Balaban J connectivity index is 0.000000921. The van der Waals surface area contributed by atoms with Crippen LogP contribution in [0.3, 0.4) is 0 Å². The molecule has 84 valence electrons. The molecule has 0 aliphatic rings. The molecule has 1 N–H and O–H groups in total. The van der Waals surface area contributed by atoms with Crippen LogP contribution in [0, 0.1) is 0 Å². The van der Waals surface area contributed by atoms with Gasteiger partial charge in [-0.25, -0.2) is 0 Å². The van der Waals surface area contributed by atoms with Crippen molar-refractivity contribution in [3.63, 3.8) is 0 Å². The molecule has 0 aliphatic heterocycles. The number of para-hydroxylation sites is 1. The minimum atomic E-state index is -0.841. The number of carboxylic acid groups (broad SMARTS) is 1. The van der Waals surface area contributed by atoms with Crippen LogP contribution in [-0.4, -0.2) is 17.7 Å². The van der Waals surface area contributed by atoms with Crippen molar-refractivity contribution in [2.24, 2.45) is 0 Å². The zero-order chi connectivity index (χ0) is 11.7. The number of carbonyl (C=O) groups is 1. The molecule has 1 rings (SSSR count). The minimum absolute atomic E-state index is 0.0101. The molecule has 0 bridgehead atoms. The summed E-state index contributed by atoms with van der Waals surface area (Å²) in [6.45, 7) is 6.42. The Bertz CT molecular complexity index is 295. The lowest BCUT2D eigenvalue weighted by Crippen LogP contribution is -2.03. The van der Waals surface area contributed by atoms with Gasteiger partial charge >= 0.3 is 5.97 Å². The molecule has 0 aliphatic carbocycles. The Kier molecular flexibility index (Phi) is 7.06. The first-order chi connectivity index (χ1) is 7.24. The smallest absolute Gasteiger partial charge is 0.307 e. The molecular weight excluding hydrogens is 192 g/mol. The maximum Gasteiger partial charge on any atom is 0.307 e. The van der Waals surface area contributed by atoms with Crippen molar-refractivity contribution < 1.29 is 14.6 Å². The Labute approximate surface area is 90.7 Å². The van der Waals surface area contributed by atoms with E-state index < -0.39 is 5.97 Å². The molecule has 0 unspecified atom stereocenters. The van der Waals surface area contributed by atoms with Gasteiger partial charge in [-0.15, -0.1) is 0 Å². The van der Waals surface area contributed by atoms with Crippen LogP contribution in [0.4, 0.5) is 0 Å². The van der Waals surface area contributed by atoms with Crippen LogP contribution >= 0.6 is 0 Å². The number of rotatable bonds is 4. The van der Waals surface area contributed by atoms with Crippen molar-refractivity contribution in [2.45, 2.75) is 27.2 Å². The summed E-state index contributed by atoms with van der Waals surface area (Å²) in [5, 5.41) is 8.60. The molecule has 3 nitrogen and oxygen atoms in total. The largest absolute Gasteiger partial charge is 0.494 e. The third kappa shape index (κ3) is 5.05. The Morgan fingerprint density at radius 2 is 1.93 bits per heavy atom. The molecule has 15 heavy (non-hydrogen) atoms. The topological polar surface area (TPSA) is 46.5 Å². The van der Waals surface area contributed by atoms with Gasteiger partial charge in [0.25, 0.3) is 0 Å². The van der Waals surface area contributed by atoms with Crippen LogP contribution in [0.1, 0.15) is 26.3 Å². The molecule has 0 heterocycles. The number of hydrogen-bond acceptors (Lipinski definition) is 2. The van der Waals surface area contributed by atoms with E-state index in [1.54, 1.807) is 18.2 Å². The van der Waals surface area contributed by atoms with E-state index in [0.717, 1.165) is 5.56 Å². The van der Waals surface area contributed by atoms with Crippen molar-refractivity contribution in [2.75, 3.05) is 6.61 Å². The number of carboxylic acids is 1. The Hall–Kier alpha value is -1.51. The van der Waals surface area contributed by atoms with E-state index in [0.29, 0.717) is 12.4 Å². The maximum absolute atomic E-state index is 10.5. The highest BCUT2D eigenvalue weighted by Crippen LogP contribution is 2.18. The molecule has 1 aromatic carbocycles. The van der Waals surface area contributed by atoms with Crippen LogP contribution in [0.2, 0.25) is 0 Å². The van der Waals surface area contributed by atoms with Crippen molar-refractivity contribution in [1.82, 2.24) is 0 Å². The van der Waals surface area contributed by atoms with Crippen LogP contribution in [0.5, 0.6) is 5.75 Å². The second-order valence-corrected chi connectivity index (χ2v) is 2.61. The highest BCUT2D eigenvalue weighted by molar-refractivity contribution is 5.71. The van der Waals surface area contributed by atoms with Crippen LogP contribution < -0.4 is 4.74 Å². The molecule has 0 saturated heterocycles. The summed E-state index contributed by atoms with van der Waals surface area (Å²) in [7, 11) is 0. The average molecular weight is 210 g/mol. The van der Waals surface area contributed by atoms with Gasteiger partial charge in [-0.2, -0.15) is 0 Å². The molecule has 0 radical (unpaired) electrons. The number of hydrogen-bond donors (Lipinski definition) is 1. The number of aliphatic carboxylic acids is 1. The van der Waals surface area contributed by atoms with Gasteiger partial charge in [0.1, 0.15) is 5.75 Å². The first-order valence-corrected chi connectivity index (χ1v) is 5.16. The van der Waals surface area contributed by atoms with Crippen molar-refractivity contribution in [3.8, 4) is 5.75 Å². The van der Waals surface area contributed by atoms with Gasteiger partial charge in [-0.1, -0.05) is 32.0 Å². The number of ether oxygens (including phenoxy) is 1. The van der Waals surface area contributed by atoms with Crippen LogP contribution in [0.15, 0.2) is 24.3 Å². The van der Waals surface area contributed by atoms with E-state index in [1.807, 2.05) is 26.8 Å². The lowest BCUT2D eigenvalue weighted by Gasteiger charge is -2.07. The van der Waals surface area contributed by atoms with Crippen molar-refractivity contribution in [3.05, 3.63) is 29.8 Å². The van der Waals surface area contributed by atoms with E-state index >= 15 is 0 Å². The predicted molar refractivity (Wildman–Crippen MR) is 60.3 cm³/mol. The predicted octanol–water partition coefficient (Wildman–Crippen LogP) is 2.74. The van der Waals surface area contributed by atoms with Gasteiger partial charge in [0, 0.05) is 5.56 Å². The summed E-state index contributed by atoms with van der Waals surface area (Å²) < 4.78 is 5.27. The molecule has 3 heteroatoms. The maximum atomic E-state index is 10.5. The average Bonchev–Trinajstić information content (AvgIpc) is 2.23. The van der Waals surface area contributed by atoms with Gasteiger partial charge in [-0.3, -0.25) is 4.79 Å². The molecule has 0 aromatic heterocycles. The highest BCUT2D eigenvalue weighted by Gasteiger charge is 2.05. The van der Waals surface area contributed by atoms with E-state index in [9.17, 15) is 4.79 Å². The summed E-state index contributed by atoms with van der Waals surface area (Å²) in [4.78, 5) is 10.5. The molecule has 0 atom stereocenters. The molecular formula is C12H18O3. The van der Waals surface area contributed by atoms with Crippen molar-refractivity contribution >= 4 is 5.97 Å². The summed E-state index contributed by atoms with van der Waals surface area (Å²) in [5.41, 5.74) is 0.719. The summed E-state index contributed by atoms with van der Waals surface area (Å²) in [5.74, 6) is -0.181. The second kappa shape index (κ2) is 7.85. The summed E-state index contributed by atoms with van der Waals surface area (Å²) in [6.07, 6.45) is 0.0101. The second-order valence-electron chi connectivity index (χ2n) is 2.61. The quantitative estimate of drug-likeness (QED) is 0.831. The van der Waals surface area contributed by atoms with Crippen LogP contribution in [-0.2, 0) is 11.2 Å². The number of benzene rings is 1. The van der Waals surface area contributed by atoms with Crippen LogP contribution in [0.25, 0.3) is 0 Å². The molecule has 1 aromatic rings. The molecule has 0 fully saturated rings. The third-order valence-corrected chi connectivity index (χ3v) is 1.61. The fourth-order valence-electron chi connectivity index (χ4n) is 1.11. The van der Waals surface area contributed by atoms with Gasteiger partial charge in [0.15, 0.2) is 0 Å². The minimum Gasteiger partial charge on any atom is -0.494 e. The van der Waals surface area contributed by atoms with Gasteiger partial charge in [0.05, 0.1) is 13.0 Å². The molecule has 0 amide bonds. The molecule has 0 saturated carbocycles. The van der Waals surface area contributed by atoms with Gasteiger partial charge in [-0.05, 0) is 13.0 Å². The standard InChI is InChI=1S/C10H12O3.C2H6/c1-2-13-9-6-4-3-5-8(9)7-10(11)12;1-2/h3-6H,2,7H2,1H3,(H,11,12);1-2H3. The SMILES string of the molecule is CC.CCOc1ccccc1CC(=O)O. The Morgan fingerprint density at radius 3 is 2.47 bits per heavy atom. The fourth-order valence-corrected chi connectivity index (χ4v) is 1.11. The zero-order valence-electron chi connectivity index (χ0n) is 9.49. The van der Waals surface area contributed by atoms with Gasteiger partial charge < -0.3 is 9.84 Å². The first kappa shape index (κ1) is 13.5. The van der Waals surface area contributed by atoms with Crippen molar-refractivity contribution in [1.29, 1.82) is 0 Å². The summed E-state index contributed by atoms with van der Waals surface area (Å²) in [6, 6.07) is 7.18. The lowest BCUT2D eigenvalue weighted by atomic mass is 10.1. The third-order valence-electron chi connectivity index (χ3n) is 1.61. The Morgan fingerprint density at radius 1 is 1.33 bits per heavy atom.